The van der Waals surface area contributed by atoms with Crippen LogP contribution in [0.1, 0.15) is 26.3 Å². The highest BCUT2D eigenvalue weighted by atomic mass is 35.5. The van der Waals surface area contributed by atoms with Crippen LogP contribution in [0.3, 0.4) is 0 Å². The molecule has 0 bridgehead atoms. The zero-order valence-corrected chi connectivity index (χ0v) is 13.6. The molecule has 0 aliphatic carbocycles. The molecule has 1 heterocycles. The quantitative estimate of drug-likeness (QED) is 0.843. The molecule has 0 N–H and O–H groups in total. The number of hydrogen-bond acceptors (Lipinski definition) is 2. The molecule has 0 saturated carbocycles. The first-order valence-electron chi connectivity index (χ1n) is 7.21. The maximum Gasteiger partial charge on any atom is 0.249 e. The van der Waals surface area contributed by atoms with Crippen molar-refractivity contribution in [2.75, 3.05) is 18.0 Å². The molecule has 2 rings (SSSR count). The Morgan fingerprint density at radius 3 is 2.57 bits per heavy atom. The zero-order chi connectivity index (χ0) is 15.7. The molecule has 2 amide bonds. The lowest BCUT2D eigenvalue weighted by atomic mass is 10.1. The maximum atomic E-state index is 12.5. The highest BCUT2D eigenvalue weighted by Crippen LogP contribution is 2.26. The van der Waals surface area contributed by atoms with Crippen LogP contribution in [0.15, 0.2) is 18.2 Å². The number of carbonyl (C=O) groups is 2. The summed E-state index contributed by atoms with van der Waals surface area (Å²) in [6, 6.07) is 5.17. The number of halogens is 1. The standard InChI is InChI=1S/C16H21ClN2O2/c1-10(2)15(20)18-7-8-19(16(21)12(18)4)13-6-5-11(3)14(17)9-13/h5-6,9-10,12H,7-8H2,1-4H3. The number of carbonyl (C=O) groups excluding carboxylic acids is 2. The summed E-state index contributed by atoms with van der Waals surface area (Å²) in [5.74, 6) is -0.131. The fraction of sp³-hybridized carbons (Fsp3) is 0.500. The first-order valence-corrected chi connectivity index (χ1v) is 7.58. The first kappa shape index (κ1) is 15.8. The molecule has 1 aromatic carbocycles. The molecule has 4 nitrogen and oxygen atoms in total. The minimum absolute atomic E-state index is 0.0254. The summed E-state index contributed by atoms with van der Waals surface area (Å²) >= 11 is 6.14. The second-order valence-corrected chi connectivity index (χ2v) is 6.19. The van der Waals surface area contributed by atoms with E-state index < -0.39 is 6.04 Å². The fourth-order valence-electron chi connectivity index (χ4n) is 2.51. The van der Waals surface area contributed by atoms with E-state index >= 15 is 0 Å². The first-order chi connectivity index (χ1) is 9.82. The number of hydrogen-bond donors (Lipinski definition) is 0. The number of nitrogens with zero attached hydrogens (tertiary/aromatic N) is 2. The second-order valence-electron chi connectivity index (χ2n) is 5.79. The minimum Gasteiger partial charge on any atom is -0.329 e. The third-order valence-corrected chi connectivity index (χ3v) is 4.31. The van der Waals surface area contributed by atoms with Crippen LogP contribution in [0.4, 0.5) is 5.69 Å². The van der Waals surface area contributed by atoms with Crippen molar-refractivity contribution in [1.82, 2.24) is 4.90 Å². The predicted molar refractivity (Wildman–Crippen MR) is 84.6 cm³/mol. The number of anilines is 1. The van der Waals surface area contributed by atoms with Crippen LogP contribution in [0.2, 0.25) is 5.02 Å². The van der Waals surface area contributed by atoms with Crippen molar-refractivity contribution >= 4 is 29.1 Å². The third-order valence-electron chi connectivity index (χ3n) is 3.90. The smallest absolute Gasteiger partial charge is 0.249 e. The number of benzene rings is 1. The molecule has 0 spiro atoms. The molecule has 1 aliphatic heterocycles. The van der Waals surface area contributed by atoms with Crippen molar-refractivity contribution in [3.63, 3.8) is 0 Å². The summed E-state index contributed by atoms with van der Waals surface area (Å²) < 4.78 is 0. The molecule has 0 radical (unpaired) electrons. The van der Waals surface area contributed by atoms with E-state index in [1.54, 1.807) is 22.8 Å². The maximum absolute atomic E-state index is 12.5. The topological polar surface area (TPSA) is 40.6 Å². The normalized spacial score (nSPS) is 19.3. The Morgan fingerprint density at radius 1 is 1.33 bits per heavy atom. The summed E-state index contributed by atoms with van der Waals surface area (Å²) in [6.07, 6.45) is 0. The average molecular weight is 309 g/mol. The van der Waals surface area contributed by atoms with Crippen LogP contribution < -0.4 is 4.90 Å². The molecular weight excluding hydrogens is 288 g/mol. The second kappa shape index (κ2) is 6.06. The molecule has 21 heavy (non-hydrogen) atoms. The van der Waals surface area contributed by atoms with Gasteiger partial charge in [-0.15, -0.1) is 0 Å². The van der Waals surface area contributed by atoms with Crippen molar-refractivity contribution in [2.24, 2.45) is 5.92 Å². The molecule has 114 valence electrons. The van der Waals surface area contributed by atoms with E-state index in [0.717, 1.165) is 11.3 Å². The largest absolute Gasteiger partial charge is 0.329 e. The highest BCUT2D eigenvalue weighted by Gasteiger charge is 2.35. The van der Waals surface area contributed by atoms with E-state index in [9.17, 15) is 9.59 Å². The van der Waals surface area contributed by atoms with Crippen molar-refractivity contribution in [2.45, 2.75) is 33.7 Å². The van der Waals surface area contributed by atoms with Crippen LogP contribution in [-0.4, -0.2) is 35.8 Å². The Morgan fingerprint density at radius 2 is 2.00 bits per heavy atom. The Bertz CT molecular complexity index is 571. The minimum atomic E-state index is -0.436. The highest BCUT2D eigenvalue weighted by molar-refractivity contribution is 6.31. The van der Waals surface area contributed by atoms with E-state index in [4.69, 9.17) is 11.6 Å². The van der Waals surface area contributed by atoms with Crippen LogP contribution in [0.5, 0.6) is 0 Å². The van der Waals surface area contributed by atoms with Gasteiger partial charge in [0.2, 0.25) is 11.8 Å². The third kappa shape index (κ3) is 3.05. The SMILES string of the molecule is Cc1ccc(N2CCN(C(=O)C(C)C)C(C)C2=O)cc1Cl. The van der Waals surface area contributed by atoms with Crippen LogP contribution >= 0.6 is 11.6 Å². The van der Waals surface area contributed by atoms with Gasteiger partial charge in [-0.1, -0.05) is 31.5 Å². The summed E-state index contributed by atoms with van der Waals surface area (Å²) in [6.45, 7) is 8.47. The Kier molecular flexibility index (Phi) is 4.57. The number of piperazine rings is 1. The number of rotatable bonds is 2. The van der Waals surface area contributed by atoms with Gasteiger partial charge in [0.1, 0.15) is 6.04 Å². The zero-order valence-electron chi connectivity index (χ0n) is 12.9. The van der Waals surface area contributed by atoms with E-state index in [0.29, 0.717) is 18.1 Å². The van der Waals surface area contributed by atoms with Crippen molar-refractivity contribution in [3.8, 4) is 0 Å². The molecule has 0 aromatic heterocycles. The predicted octanol–water partition coefficient (Wildman–Crippen LogP) is 2.87. The van der Waals surface area contributed by atoms with Gasteiger partial charge in [-0.3, -0.25) is 9.59 Å². The van der Waals surface area contributed by atoms with Gasteiger partial charge in [-0.25, -0.2) is 0 Å². The number of amides is 2. The lowest BCUT2D eigenvalue weighted by Gasteiger charge is -2.40. The molecule has 5 heteroatoms. The molecule has 1 aromatic rings. The van der Waals surface area contributed by atoms with E-state index in [1.165, 1.54) is 0 Å². The molecular formula is C16H21ClN2O2. The van der Waals surface area contributed by atoms with Crippen LogP contribution in [0, 0.1) is 12.8 Å². The Hall–Kier alpha value is -1.55. The van der Waals surface area contributed by atoms with Gasteiger partial charge >= 0.3 is 0 Å². The van der Waals surface area contributed by atoms with Crippen LogP contribution in [0.25, 0.3) is 0 Å². The summed E-state index contributed by atoms with van der Waals surface area (Å²) in [4.78, 5) is 28.1. The van der Waals surface area contributed by atoms with Gasteiger partial charge in [0.15, 0.2) is 0 Å². The van der Waals surface area contributed by atoms with Gasteiger partial charge in [0, 0.05) is 29.7 Å². The molecule has 1 fully saturated rings. The molecule has 1 atom stereocenters. The molecule has 1 aliphatic rings. The summed E-state index contributed by atoms with van der Waals surface area (Å²) in [5.41, 5.74) is 1.77. The van der Waals surface area contributed by atoms with Gasteiger partial charge < -0.3 is 9.80 Å². The van der Waals surface area contributed by atoms with Gasteiger partial charge in [0.25, 0.3) is 0 Å². The van der Waals surface area contributed by atoms with Crippen molar-refractivity contribution in [1.29, 1.82) is 0 Å². The lowest BCUT2D eigenvalue weighted by Crippen LogP contribution is -2.58. The number of aryl methyl sites for hydroxylation is 1. The van der Waals surface area contributed by atoms with Gasteiger partial charge in [-0.2, -0.15) is 0 Å². The monoisotopic (exact) mass is 308 g/mol. The molecule has 1 unspecified atom stereocenters. The molecule has 1 saturated heterocycles. The van der Waals surface area contributed by atoms with Gasteiger partial charge in [0.05, 0.1) is 0 Å². The van der Waals surface area contributed by atoms with Crippen molar-refractivity contribution in [3.05, 3.63) is 28.8 Å². The average Bonchev–Trinajstić information content (AvgIpc) is 2.44. The lowest BCUT2D eigenvalue weighted by molar-refractivity contribution is -0.143. The van der Waals surface area contributed by atoms with Gasteiger partial charge in [-0.05, 0) is 31.5 Å². The van der Waals surface area contributed by atoms with E-state index in [1.807, 2.05) is 32.9 Å². The Labute approximate surface area is 130 Å². The van der Waals surface area contributed by atoms with E-state index in [-0.39, 0.29) is 17.7 Å². The summed E-state index contributed by atoms with van der Waals surface area (Å²) in [5, 5.41) is 0.647. The van der Waals surface area contributed by atoms with Crippen molar-refractivity contribution < 1.29 is 9.59 Å². The van der Waals surface area contributed by atoms with E-state index in [2.05, 4.69) is 0 Å². The van der Waals surface area contributed by atoms with Crippen LogP contribution in [-0.2, 0) is 9.59 Å². The summed E-state index contributed by atoms with van der Waals surface area (Å²) in [7, 11) is 0. The fourth-order valence-corrected chi connectivity index (χ4v) is 2.68. The Balaban J connectivity index is 2.21.